The molecule has 3 aliphatic rings. The molecule has 22 heavy (non-hydrogen) atoms. The summed E-state index contributed by atoms with van der Waals surface area (Å²) in [6, 6.07) is 0. The van der Waals surface area contributed by atoms with E-state index in [-0.39, 0.29) is 11.3 Å². The van der Waals surface area contributed by atoms with E-state index in [0.717, 1.165) is 37.6 Å². The smallest absolute Gasteiger partial charge is 0.225 e. The number of carbonyl (C=O) groups is 1. The molecule has 5 nitrogen and oxygen atoms in total. The molecule has 1 spiro atoms. The Morgan fingerprint density at radius 3 is 2.59 bits per heavy atom. The van der Waals surface area contributed by atoms with Gasteiger partial charge in [0.1, 0.15) is 5.82 Å². The first-order valence-corrected chi connectivity index (χ1v) is 8.86. The quantitative estimate of drug-likeness (QED) is 0.913. The molecule has 1 aromatic heterocycles. The highest BCUT2D eigenvalue weighted by molar-refractivity contribution is 5.79. The average molecular weight is 302 g/mol. The maximum Gasteiger partial charge on any atom is 0.225 e. The van der Waals surface area contributed by atoms with E-state index in [1.54, 1.807) is 0 Å². The SMILES string of the molecule is Cc1nc(C2CN(C(=O)C3CCCCC3)CC23CCC3)n[nH]1. The number of aryl methyl sites for hydroxylation is 1. The average Bonchev–Trinajstić information content (AvgIpc) is 3.10. The Morgan fingerprint density at radius 1 is 1.23 bits per heavy atom. The van der Waals surface area contributed by atoms with Gasteiger partial charge in [-0.15, -0.1) is 0 Å². The molecule has 1 aromatic rings. The zero-order valence-electron chi connectivity index (χ0n) is 13.5. The first-order chi connectivity index (χ1) is 10.7. The van der Waals surface area contributed by atoms with Crippen molar-refractivity contribution in [2.75, 3.05) is 13.1 Å². The van der Waals surface area contributed by atoms with Crippen molar-refractivity contribution >= 4 is 5.91 Å². The van der Waals surface area contributed by atoms with Gasteiger partial charge in [0, 0.05) is 24.9 Å². The Balaban J connectivity index is 1.53. The zero-order valence-corrected chi connectivity index (χ0v) is 13.5. The van der Waals surface area contributed by atoms with Crippen LogP contribution in [-0.4, -0.2) is 39.1 Å². The summed E-state index contributed by atoms with van der Waals surface area (Å²) < 4.78 is 0. The van der Waals surface area contributed by atoms with Crippen LogP contribution in [0.3, 0.4) is 0 Å². The van der Waals surface area contributed by atoms with Crippen LogP contribution in [0, 0.1) is 18.3 Å². The number of H-pyrrole nitrogens is 1. The second-order valence-corrected chi connectivity index (χ2v) is 7.60. The van der Waals surface area contributed by atoms with Gasteiger partial charge in [0.05, 0.1) is 0 Å². The highest BCUT2D eigenvalue weighted by Gasteiger charge is 2.53. The molecule has 1 atom stereocenters. The third-order valence-corrected chi connectivity index (χ3v) is 6.19. The third kappa shape index (κ3) is 2.25. The highest BCUT2D eigenvalue weighted by atomic mass is 16.2. The summed E-state index contributed by atoms with van der Waals surface area (Å²) >= 11 is 0. The predicted octanol–water partition coefficient (Wildman–Crippen LogP) is 2.79. The lowest BCUT2D eigenvalue weighted by molar-refractivity contribution is -0.136. The van der Waals surface area contributed by atoms with Crippen molar-refractivity contribution in [1.82, 2.24) is 20.1 Å². The number of nitrogens with one attached hydrogen (secondary N) is 1. The molecular weight excluding hydrogens is 276 g/mol. The van der Waals surface area contributed by atoms with Crippen molar-refractivity contribution in [2.45, 2.75) is 64.2 Å². The van der Waals surface area contributed by atoms with Gasteiger partial charge < -0.3 is 4.90 Å². The van der Waals surface area contributed by atoms with Crippen LogP contribution in [-0.2, 0) is 4.79 Å². The Morgan fingerprint density at radius 2 is 2.00 bits per heavy atom. The number of hydrogen-bond acceptors (Lipinski definition) is 3. The molecule has 0 aromatic carbocycles. The minimum absolute atomic E-state index is 0.263. The molecule has 1 aliphatic heterocycles. The Bertz CT molecular complexity index is 557. The topological polar surface area (TPSA) is 61.9 Å². The lowest BCUT2D eigenvalue weighted by atomic mass is 9.62. The molecule has 1 saturated heterocycles. The molecule has 0 radical (unpaired) electrons. The van der Waals surface area contributed by atoms with E-state index in [4.69, 9.17) is 0 Å². The molecule has 3 fully saturated rings. The summed E-state index contributed by atoms with van der Waals surface area (Å²) in [5.41, 5.74) is 0.263. The van der Waals surface area contributed by atoms with Crippen LogP contribution in [0.1, 0.15) is 68.9 Å². The van der Waals surface area contributed by atoms with Crippen LogP contribution in [0.4, 0.5) is 0 Å². The standard InChI is InChI=1S/C17H26N4O/c1-12-18-15(20-19-12)14-10-21(11-17(14)8-5-9-17)16(22)13-6-3-2-4-7-13/h13-14H,2-11H2,1H3,(H,18,19,20). The lowest BCUT2D eigenvalue weighted by Gasteiger charge is -2.41. The number of amides is 1. The van der Waals surface area contributed by atoms with E-state index in [1.165, 1.54) is 38.5 Å². The molecule has 2 aliphatic carbocycles. The van der Waals surface area contributed by atoms with Crippen molar-refractivity contribution in [3.8, 4) is 0 Å². The summed E-state index contributed by atoms with van der Waals surface area (Å²) in [6.45, 7) is 3.71. The van der Waals surface area contributed by atoms with E-state index in [2.05, 4.69) is 20.1 Å². The fraction of sp³-hybridized carbons (Fsp3) is 0.824. The third-order valence-electron chi connectivity index (χ3n) is 6.19. The Kier molecular flexibility index (Phi) is 3.46. The second-order valence-electron chi connectivity index (χ2n) is 7.60. The van der Waals surface area contributed by atoms with E-state index < -0.39 is 0 Å². The summed E-state index contributed by atoms with van der Waals surface area (Å²) in [6.07, 6.45) is 9.65. The van der Waals surface area contributed by atoms with Gasteiger partial charge in [-0.25, -0.2) is 4.98 Å². The van der Waals surface area contributed by atoms with Gasteiger partial charge in [0.25, 0.3) is 0 Å². The monoisotopic (exact) mass is 302 g/mol. The van der Waals surface area contributed by atoms with Gasteiger partial charge in [0.15, 0.2) is 5.82 Å². The van der Waals surface area contributed by atoms with Crippen LogP contribution in [0.2, 0.25) is 0 Å². The number of rotatable bonds is 2. The van der Waals surface area contributed by atoms with Gasteiger partial charge in [-0.3, -0.25) is 9.89 Å². The normalized spacial score (nSPS) is 28.0. The van der Waals surface area contributed by atoms with Crippen molar-refractivity contribution in [1.29, 1.82) is 0 Å². The van der Waals surface area contributed by atoms with Gasteiger partial charge in [-0.05, 0) is 38.0 Å². The molecule has 4 rings (SSSR count). The second kappa shape index (κ2) is 5.36. The maximum atomic E-state index is 12.9. The fourth-order valence-electron chi connectivity index (χ4n) is 4.75. The lowest BCUT2D eigenvalue weighted by Crippen LogP contribution is -2.39. The number of likely N-dealkylation sites (tertiary alicyclic amines) is 1. The Hall–Kier alpha value is -1.39. The number of hydrogen-bond donors (Lipinski definition) is 1. The molecule has 1 N–H and O–H groups in total. The maximum absolute atomic E-state index is 12.9. The molecule has 2 heterocycles. The van der Waals surface area contributed by atoms with E-state index in [1.807, 2.05) is 6.92 Å². The number of aromatic nitrogens is 3. The van der Waals surface area contributed by atoms with E-state index >= 15 is 0 Å². The summed E-state index contributed by atoms with van der Waals surface area (Å²) in [5, 5.41) is 7.38. The number of carbonyl (C=O) groups excluding carboxylic acids is 1. The molecular formula is C17H26N4O. The van der Waals surface area contributed by atoms with Gasteiger partial charge in [0.2, 0.25) is 5.91 Å². The number of nitrogens with zero attached hydrogens (tertiary/aromatic N) is 3. The van der Waals surface area contributed by atoms with Gasteiger partial charge >= 0.3 is 0 Å². The van der Waals surface area contributed by atoms with Crippen molar-refractivity contribution < 1.29 is 4.79 Å². The predicted molar refractivity (Wildman–Crippen MR) is 83.3 cm³/mol. The van der Waals surface area contributed by atoms with Crippen LogP contribution >= 0.6 is 0 Å². The van der Waals surface area contributed by atoms with E-state index in [9.17, 15) is 4.79 Å². The van der Waals surface area contributed by atoms with Crippen molar-refractivity contribution in [3.63, 3.8) is 0 Å². The van der Waals surface area contributed by atoms with E-state index in [0.29, 0.717) is 11.8 Å². The van der Waals surface area contributed by atoms with Gasteiger partial charge in [-0.1, -0.05) is 25.7 Å². The minimum atomic E-state index is 0.263. The molecule has 1 amide bonds. The zero-order chi connectivity index (χ0) is 15.2. The molecule has 5 heteroatoms. The van der Waals surface area contributed by atoms with Crippen LogP contribution in [0.25, 0.3) is 0 Å². The summed E-state index contributed by atoms with van der Waals surface area (Å²) in [5.74, 6) is 2.82. The van der Waals surface area contributed by atoms with Crippen LogP contribution in [0.5, 0.6) is 0 Å². The van der Waals surface area contributed by atoms with Gasteiger partial charge in [-0.2, -0.15) is 5.10 Å². The summed E-state index contributed by atoms with van der Waals surface area (Å²) in [4.78, 5) is 19.6. The highest BCUT2D eigenvalue weighted by Crippen LogP contribution is 2.55. The van der Waals surface area contributed by atoms with Crippen molar-refractivity contribution in [2.24, 2.45) is 11.3 Å². The first-order valence-electron chi connectivity index (χ1n) is 8.86. The molecule has 0 bridgehead atoms. The minimum Gasteiger partial charge on any atom is -0.341 e. The molecule has 120 valence electrons. The van der Waals surface area contributed by atoms with Crippen LogP contribution in [0.15, 0.2) is 0 Å². The first kappa shape index (κ1) is 14.2. The largest absolute Gasteiger partial charge is 0.341 e. The van der Waals surface area contributed by atoms with Crippen LogP contribution < -0.4 is 0 Å². The molecule has 1 unspecified atom stereocenters. The Labute approximate surface area is 131 Å². The van der Waals surface area contributed by atoms with Crippen molar-refractivity contribution in [3.05, 3.63) is 11.6 Å². The summed E-state index contributed by atoms with van der Waals surface area (Å²) in [7, 11) is 0. The fourth-order valence-corrected chi connectivity index (χ4v) is 4.75. The molecule has 2 saturated carbocycles. The number of aromatic amines is 1.